The molecule has 0 atom stereocenters. The first-order valence-electron chi connectivity index (χ1n) is 9.81. The number of nitrogens with zero attached hydrogens (tertiary/aromatic N) is 2. The van der Waals surface area contributed by atoms with Crippen LogP contribution in [0.2, 0.25) is 0 Å². The van der Waals surface area contributed by atoms with E-state index in [1.807, 2.05) is 26.0 Å². The highest BCUT2D eigenvalue weighted by atomic mass is 32.2. The van der Waals surface area contributed by atoms with Gasteiger partial charge in [0, 0.05) is 37.9 Å². The lowest BCUT2D eigenvalue weighted by Crippen LogP contribution is -2.49. The summed E-state index contributed by atoms with van der Waals surface area (Å²) in [6, 6.07) is 5.38. The molecule has 3 rings (SSSR count). The molecule has 1 N–H and O–H groups in total. The molecule has 28 heavy (non-hydrogen) atoms. The van der Waals surface area contributed by atoms with Gasteiger partial charge < -0.3 is 10.2 Å². The number of sulfonamides is 1. The number of nitrogens with one attached hydrogen (secondary N) is 1. The van der Waals surface area contributed by atoms with E-state index in [1.54, 1.807) is 24.9 Å². The SMILES string of the molecule is CCS(=O)(=O)N1CCC2(CC1)C(=O)N(C)c1ccc(C(=O)NCC(C)C)cc12. The number of fused-ring (bicyclic) bond motifs is 2. The molecule has 0 bridgehead atoms. The lowest BCUT2D eigenvalue weighted by molar-refractivity contribution is -0.124. The number of amides is 2. The summed E-state index contributed by atoms with van der Waals surface area (Å²) in [5.74, 6) is 0.239. The number of hydrogen-bond acceptors (Lipinski definition) is 4. The minimum absolute atomic E-state index is 0.0178. The quantitative estimate of drug-likeness (QED) is 0.805. The summed E-state index contributed by atoms with van der Waals surface area (Å²) in [4.78, 5) is 27.3. The Bertz CT molecular complexity index is 887. The summed E-state index contributed by atoms with van der Waals surface area (Å²) in [6.07, 6.45) is 0.860. The molecule has 0 aliphatic carbocycles. The van der Waals surface area contributed by atoms with E-state index in [0.29, 0.717) is 44.0 Å². The van der Waals surface area contributed by atoms with Gasteiger partial charge in [0.25, 0.3) is 5.91 Å². The van der Waals surface area contributed by atoms with Gasteiger partial charge in [0.05, 0.1) is 11.2 Å². The van der Waals surface area contributed by atoms with Crippen LogP contribution in [-0.4, -0.2) is 57.0 Å². The molecule has 1 saturated heterocycles. The topological polar surface area (TPSA) is 86.8 Å². The number of hydrogen-bond donors (Lipinski definition) is 1. The van der Waals surface area contributed by atoms with E-state index in [9.17, 15) is 18.0 Å². The van der Waals surface area contributed by atoms with E-state index in [4.69, 9.17) is 0 Å². The summed E-state index contributed by atoms with van der Waals surface area (Å²) in [7, 11) is -1.53. The van der Waals surface area contributed by atoms with Gasteiger partial charge in [-0.25, -0.2) is 12.7 Å². The maximum Gasteiger partial charge on any atom is 0.251 e. The van der Waals surface area contributed by atoms with E-state index in [-0.39, 0.29) is 17.6 Å². The lowest BCUT2D eigenvalue weighted by Gasteiger charge is -2.37. The highest BCUT2D eigenvalue weighted by Crippen LogP contribution is 2.48. The molecule has 0 unspecified atom stereocenters. The van der Waals surface area contributed by atoms with Gasteiger partial charge in [0.1, 0.15) is 0 Å². The average Bonchev–Trinajstić information content (AvgIpc) is 2.88. The highest BCUT2D eigenvalue weighted by molar-refractivity contribution is 7.89. The average molecular weight is 408 g/mol. The standard InChI is InChI=1S/C20H29N3O4S/c1-5-28(26,27)23-10-8-20(9-11-23)16-12-15(18(24)21-13-14(2)3)6-7-17(16)22(4)19(20)25/h6-7,12,14H,5,8-11,13H2,1-4H3,(H,21,24). The second kappa shape index (κ2) is 7.48. The van der Waals surface area contributed by atoms with Gasteiger partial charge in [-0.3, -0.25) is 9.59 Å². The van der Waals surface area contributed by atoms with Crippen molar-refractivity contribution in [2.75, 3.05) is 37.3 Å². The van der Waals surface area contributed by atoms with Gasteiger partial charge in [-0.2, -0.15) is 0 Å². The Balaban J connectivity index is 1.91. The number of benzene rings is 1. The Morgan fingerprint density at radius 2 is 1.89 bits per heavy atom. The Morgan fingerprint density at radius 1 is 1.25 bits per heavy atom. The summed E-state index contributed by atoms with van der Waals surface area (Å²) in [6.45, 7) is 6.92. The normalized spacial score (nSPS) is 19.3. The predicted octanol–water partition coefficient (Wildman–Crippen LogP) is 1.73. The van der Waals surface area contributed by atoms with Crippen LogP contribution in [-0.2, 0) is 20.2 Å². The van der Waals surface area contributed by atoms with Crippen molar-refractivity contribution in [2.45, 2.75) is 39.0 Å². The Morgan fingerprint density at radius 3 is 2.46 bits per heavy atom. The predicted molar refractivity (Wildman–Crippen MR) is 109 cm³/mol. The van der Waals surface area contributed by atoms with Crippen LogP contribution in [0.4, 0.5) is 5.69 Å². The van der Waals surface area contributed by atoms with Crippen LogP contribution in [0.15, 0.2) is 18.2 Å². The molecule has 7 nitrogen and oxygen atoms in total. The van der Waals surface area contributed by atoms with Crippen LogP contribution in [0.25, 0.3) is 0 Å². The van der Waals surface area contributed by atoms with Gasteiger partial charge in [0.2, 0.25) is 15.9 Å². The zero-order valence-corrected chi connectivity index (χ0v) is 17.8. The fourth-order valence-corrected chi connectivity index (χ4v) is 5.21. The second-order valence-corrected chi connectivity index (χ2v) is 10.3. The van der Waals surface area contributed by atoms with Crippen LogP contribution in [0.5, 0.6) is 0 Å². The molecule has 1 aromatic carbocycles. The Hall–Kier alpha value is -1.93. The molecule has 1 fully saturated rings. The second-order valence-electron chi connectivity index (χ2n) is 8.08. The molecule has 2 heterocycles. The van der Waals surface area contributed by atoms with E-state index in [2.05, 4.69) is 5.32 Å². The third kappa shape index (κ3) is 3.43. The highest BCUT2D eigenvalue weighted by Gasteiger charge is 2.52. The van der Waals surface area contributed by atoms with E-state index < -0.39 is 15.4 Å². The van der Waals surface area contributed by atoms with Crippen molar-refractivity contribution in [2.24, 2.45) is 5.92 Å². The van der Waals surface area contributed by atoms with Crippen molar-refractivity contribution in [1.82, 2.24) is 9.62 Å². The summed E-state index contributed by atoms with van der Waals surface area (Å²) in [5, 5.41) is 2.91. The molecule has 2 aliphatic rings. The first-order chi connectivity index (χ1) is 13.1. The molecule has 154 valence electrons. The minimum atomic E-state index is -3.27. The van der Waals surface area contributed by atoms with E-state index >= 15 is 0 Å². The molecule has 1 spiro atoms. The van der Waals surface area contributed by atoms with Crippen molar-refractivity contribution in [3.05, 3.63) is 29.3 Å². The first kappa shape index (κ1) is 20.8. The largest absolute Gasteiger partial charge is 0.352 e. The number of rotatable bonds is 5. The maximum atomic E-state index is 13.1. The van der Waals surface area contributed by atoms with Crippen molar-refractivity contribution in [3.63, 3.8) is 0 Å². The molecule has 1 aromatic rings. The smallest absolute Gasteiger partial charge is 0.251 e. The molecule has 8 heteroatoms. The summed E-state index contributed by atoms with van der Waals surface area (Å²) in [5.41, 5.74) is 1.42. The molecule has 0 aromatic heterocycles. The van der Waals surface area contributed by atoms with Crippen LogP contribution >= 0.6 is 0 Å². The van der Waals surface area contributed by atoms with Crippen molar-refractivity contribution in [1.29, 1.82) is 0 Å². The van der Waals surface area contributed by atoms with Crippen LogP contribution < -0.4 is 10.2 Å². The zero-order valence-electron chi connectivity index (χ0n) is 17.0. The molecule has 0 saturated carbocycles. The van der Waals surface area contributed by atoms with Gasteiger partial charge >= 0.3 is 0 Å². The fourth-order valence-electron chi connectivity index (χ4n) is 4.11. The first-order valence-corrected chi connectivity index (χ1v) is 11.4. The van der Waals surface area contributed by atoms with Gasteiger partial charge in [-0.05, 0) is 49.4 Å². The molecular weight excluding hydrogens is 378 g/mol. The van der Waals surface area contributed by atoms with Crippen molar-refractivity contribution in [3.8, 4) is 0 Å². The molecular formula is C20H29N3O4S. The van der Waals surface area contributed by atoms with Crippen LogP contribution in [0.1, 0.15) is 49.5 Å². The van der Waals surface area contributed by atoms with E-state index in [1.165, 1.54) is 4.31 Å². The van der Waals surface area contributed by atoms with E-state index in [0.717, 1.165) is 11.3 Å². The number of carbonyl (C=O) groups excluding carboxylic acids is 2. The molecule has 0 radical (unpaired) electrons. The van der Waals surface area contributed by atoms with Crippen molar-refractivity contribution >= 4 is 27.5 Å². The monoisotopic (exact) mass is 407 g/mol. The fraction of sp³-hybridized carbons (Fsp3) is 0.600. The third-order valence-electron chi connectivity index (χ3n) is 5.85. The maximum absolute atomic E-state index is 13.1. The van der Waals surface area contributed by atoms with Crippen LogP contribution in [0, 0.1) is 5.92 Å². The zero-order chi connectivity index (χ0) is 20.7. The van der Waals surface area contributed by atoms with Gasteiger partial charge in [-0.1, -0.05) is 13.8 Å². The Labute approximate surface area is 167 Å². The number of carbonyl (C=O) groups is 2. The molecule has 2 amide bonds. The Kier molecular flexibility index (Phi) is 5.55. The molecule has 2 aliphatic heterocycles. The van der Waals surface area contributed by atoms with Crippen molar-refractivity contribution < 1.29 is 18.0 Å². The van der Waals surface area contributed by atoms with Crippen LogP contribution in [0.3, 0.4) is 0 Å². The van der Waals surface area contributed by atoms with Gasteiger partial charge in [-0.15, -0.1) is 0 Å². The summed E-state index contributed by atoms with van der Waals surface area (Å²) >= 11 is 0. The van der Waals surface area contributed by atoms with Gasteiger partial charge in [0.15, 0.2) is 0 Å². The third-order valence-corrected chi connectivity index (χ3v) is 7.74. The number of piperidine rings is 1. The number of anilines is 1. The minimum Gasteiger partial charge on any atom is -0.352 e. The summed E-state index contributed by atoms with van der Waals surface area (Å²) < 4.78 is 25.9. The number of likely N-dealkylation sites (N-methyl/N-ethyl adjacent to an activating group) is 1. The lowest BCUT2D eigenvalue weighted by atomic mass is 9.74.